The maximum atomic E-state index is 13.9. The quantitative estimate of drug-likeness (QED) is 0.302. The number of benzene rings is 2. The van der Waals surface area contributed by atoms with E-state index in [2.05, 4.69) is 10.1 Å². The average molecular weight is 565 g/mol. The maximum Gasteiger partial charge on any atom is 0.417 e. The summed E-state index contributed by atoms with van der Waals surface area (Å²) in [6, 6.07) is 9.72. The molecule has 0 bridgehead atoms. The molecule has 1 fully saturated rings. The summed E-state index contributed by atoms with van der Waals surface area (Å²) in [6.07, 6.45) is -0.471. The number of sulfonamides is 1. The minimum atomic E-state index is -4.73. The van der Waals surface area contributed by atoms with Crippen LogP contribution in [-0.4, -0.2) is 34.3 Å². The highest BCUT2D eigenvalue weighted by Gasteiger charge is 2.35. The Balaban J connectivity index is 1.61. The zero-order valence-corrected chi connectivity index (χ0v) is 21.3. The standard InChI is InChI=1S/C25H20ClF3N4O4S/c1-14-8-16(24(34)35)3-7-22(14)38(36,37)32(23-20(26)10-18(12-30-23)25(27,28)29)13-15-2-6-21-17(9-15)11-31-33(21)19-4-5-19/h2-3,6-12,19H,4-5,13H2,1H3,(H,34,35). The van der Waals surface area contributed by atoms with Crippen LogP contribution in [0, 0.1) is 6.92 Å². The average Bonchev–Trinajstić information content (AvgIpc) is 3.60. The van der Waals surface area contributed by atoms with E-state index in [1.807, 2.05) is 10.7 Å². The number of aryl methyl sites for hydroxylation is 1. The second-order valence-electron chi connectivity index (χ2n) is 9.04. The number of rotatable bonds is 7. The molecule has 1 saturated carbocycles. The number of nitrogens with zero attached hydrogens (tertiary/aromatic N) is 4. The molecule has 0 atom stereocenters. The van der Waals surface area contributed by atoms with Gasteiger partial charge >= 0.3 is 12.1 Å². The molecule has 0 aliphatic heterocycles. The summed E-state index contributed by atoms with van der Waals surface area (Å²) >= 11 is 6.18. The number of aromatic carboxylic acids is 1. The van der Waals surface area contributed by atoms with Crippen LogP contribution in [0.1, 0.15) is 45.9 Å². The third-order valence-corrected chi connectivity index (χ3v) is 8.43. The molecule has 8 nitrogen and oxygen atoms in total. The van der Waals surface area contributed by atoms with Crippen LogP contribution in [0.3, 0.4) is 0 Å². The van der Waals surface area contributed by atoms with Crippen LogP contribution in [-0.2, 0) is 22.7 Å². The van der Waals surface area contributed by atoms with Gasteiger partial charge in [-0.15, -0.1) is 0 Å². The monoisotopic (exact) mass is 564 g/mol. The van der Waals surface area contributed by atoms with E-state index in [9.17, 15) is 31.5 Å². The van der Waals surface area contributed by atoms with Crippen LogP contribution in [0.4, 0.5) is 19.0 Å². The number of anilines is 1. The number of aromatic nitrogens is 3. The van der Waals surface area contributed by atoms with Crippen molar-refractivity contribution in [3.8, 4) is 0 Å². The number of hydrogen-bond acceptors (Lipinski definition) is 5. The summed E-state index contributed by atoms with van der Waals surface area (Å²) in [6.45, 7) is 1.13. The van der Waals surface area contributed by atoms with E-state index in [0.717, 1.165) is 40.2 Å². The van der Waals surface area contributed by atoms with Crippen molar-refractivity contribution >= 4 is 44.3 Å². The molecule has 2 aromatic heterocycles. The zero-order valence-electron chi connectivity index (χ0n) is 19.8. The van der Waals surface area contributed by atoms with E-state index in [0.29, 0.717) is 23.9 Å². The number of fused-ring (bicyclic) bond motifs is 1. The van der Waals surface area contributed by atoms with Crippen LogP contribution >= 0.6 is 11.6 Å². The Morgan fingerprint density at radius 3 is 2.50 bits per heavy atom. The fraction of sp³-hybridized carbons (Fsp3) is 0.240. The van der Waals surface area contributed by atoms with Gasteiger partial charge in [-0.25, -0.2) is 22.5 Å². The fourth-order valence-electron chi connectivity index (χ4n) is 4.21. The Hall–Kier alpha value is -3.64. The molecule has 1 aliphatic carbocycles. The molecule has 0 saturated heterocycles. The van der Waals surface area contributed by atoms with Gasteiger partial charge in [-0.3, -0.25) is 4.68 Å². The van der Waals surface area contributed by atoms with Gasteiger partial charge in [0.1, 0.15) is 0 Å². The second-order valence-corrected chi connectivity index (χ2v) is 11.3. The van der Waals surface area contributed by atoms with E-state index >= 15 is 0 Å². The highest BCUT2D eigenvalue weighted by atomic mass is 35.5. The van der Waals surface area contributed by atoms with Crippen LogP contribution in [0.5, 0.6) is 0 Å². The molecule has 2 aromatic carbocycles. The number of carboxylic acids is 1. The molecule has 1 N–H and O–H groups in total. The fourth-order valence-corrected chi connectivity index (χ4v) is 6.16. The molecule has 0 spiro atoms. The van der Waals surface area contributed by atoms with Gasteiger partial charge in [0.05, 0.1) is 45.3 Å². The first-order chi connectivity index (χ1) is 17.9. The molecule has 1 aliphatic rings. The smallest absolute Gasteiger partial charge is 0.417 e. The van der Waals surface area contributed by atoms with E-state index in [4.69, 9.17) is 11.6 Å². The molecule has 5 rings (SSSR count). The van der Waals surface area contributed by atoms with Crippen molar-refractivity contribution in [2.75, 3.05) is 4.31 Å². The van der Waals surface area contributed by atoms with Crippen molar-refractivity contribution < 1.29 is 31.5 Å². The van der Waals surface area contributed by atoms with Crippen molar-refractivity contribution in [1.82, 2.24) is 14.8 Å². The first kappa shape index (κ1) is 26.0. The minimum absolute atomic E-state index is 0.114. The first-order valence-corrected chi connectivity index (χ1v) is 13.2. The van der Waals surface area contributed by atoms with Crippen molar-refractivity contribution in [3.63, 3.8) is 0 Å². The lowest BCUT2D eigenvalue weighted by Gasteiger charge is -2.26. The van der Waals surface area contributed by atoms with Crippen molar-refractivity contribution in [2.24, 2.45) is 0 Å². The van der Waals surface area contributed by atoms with Gasteiger partial charge in [0.25, 0.3) is 10.0 Å². The highest BCUT2D eigenvalue weighted by Crippen LogP contribution is 2.38. The molecular weight excluding hydrogens is 545 g/mol. The van der Waals surface area contributed by atoms with E-state index in [1.54, 1.807) is 18.3 Å². The van der Waals surface area contributed by atoms with Gasteiger partial charge in [0.2, 0.25) is 0 Å². The van der Waals surface area contributed by atoms with Gasteiger partial charge in [0, 0.05) is 11.6 Å². The summed E-state index contributed by atoms with van der Waals surface area (Å²) in [7, 11) is -4.46. The molecule has 0 radical (unpaired) electrons. The van der Waals surface area contributed by atoms with E-state index in [-0.39, 0.29) is 22.6 Å². The lowest BCUT2D eigenvalue weighted by molar-refractivity contribution is -0.137. The van der Waals surface area contributed by atoms with E-state index < -0.39 is 38.6 Å². The lowest BCUT2D eigenvalue weighted by Crippen LogP contribution is -2.32. The largest absolute Gasteiger partial charge is 0.478 e. The molecule has 0 amide bonds. The summed E-state index contributed by atoms with van der Waals surface area (Å²) in [5.74, 6) is -1.63. The van der Waals surface area contributed by atoms with Crippen LogP contribution in [0.25, 0.3) is 10.9 Å². The van der Waals surface area contributed by atoms with Crippen molar-refractivity contribution in [3.05, 3.63) is 82.1 Å². The lowest BCUT2D eigenvalue weighted by atomic mass is 10.1. The number of carbonyl (C=O) groups is 1. The highest BCUT2D eigenvalue weighted by molar-refractivity contribution is 7.92. The maximum absolute atomic E-state index is 13.9. The first-order valence-electron chi connectivity index (χ1n) is 11.4. The summed E-state index contributed by atoms with van der Waals surface area (Å²) in [5, 5.41) is 13.9. The number of alkyl halides is 3. The molecule has 198 valence electrons. The Bertz CT molecular complexity index is 1680. The second kappa shape index (κ2) is 9.28. The van der Waals surface area contributed by atoms with Crippen LogP contribution in [0.15, 0.2) is 59.8 Å². The molecule has 38 heavy (non-hydrogen) atoms. The Morgan fingerprint density at radius 1 is 1.16 bits per heavy atom. The van der Waals surface area contributed by atoms with Crippen LogP contribution in [0.2, 0.25) is 5.02 Å². The van der Waals surface area contributed by atoms with Gasteiger partial charge in [-0.2, -0.15) is 18.3 Å². The number of carboxylic acid groups (broad SMARTS) is 1. The third-order valence-electron chi connectivity index (χ3n) is 6.25. The molecule has 13 heteroatoms. The summed E-state index contributed by atoms with van der Waals surface area (Å²) in [4.78, 5) is 14.9. The third kappa shape index (κ3) is 4.81. The van der Waals surface area contributed by atoms with Gasteiger partial charge in [-0.05, 0) is 67.3 Å². The minimum Gasteiger partial charge on any atom is -0.478 e. The Labute approximate surface area is 220 Å². The van der Waals surface area contributed by atoms with Crippen LogP contribution < -0.4 is 4.31 Å². The van der Waals surface area contributed by atoms with Crippen molar-refractivity contribution in [2.45, 2.75) is 43.4 Å². The SMILES string of the molecule is Cc1cc(C(=O)O)ccc1S(=O)(=O)N(Cc1ccc2c(cnn2C2CC2)c1)c1ncc(C(F)(F)F)cc1Cl. The molecule has 2 heterocycles. The summed E-state index contributed by atoms with van der Waals surface area (Å²) in [5.41, 5.74) is 0.306. The Kier molecular flexibility index (Phi) is 6.35. The topological polar surface area (TPSA) is 105 Å². The normalized spacial score (nSPS) is 14.1. The Morgan fingerprint density at radius 2 is 1.89 bits per heavy atom. The molecule has 0 unspecified atom stereocenters. The van der Waals surface area contributed by atoms with E-state index in [1.165, 1.54) is 13.0 Å². The van der Waals surface area contributed by atoms with Crippen molar-refractivity contribution in [1.29, 1.82) is 0 Å². The van der Waals surface area contributed by atoms with Gasteiger partial charge < -0.3 is 5.11 Å². The molecular formula is C25H20ClF3N4O4S. The predicted octanol–water partition coefficient (Wildman–Crippen LogP) is 5.84. The number of hydrogen-bond donors (Lipinski definition) is 1. The predicted molar refractivity (Wildman–Crippen MR) is 134 cm³/mol. The number of halogens is 4. The zero-order chi connectivity index (χ0) is 27.4. The molecule has 4 aromatic rings. The van der Waals surface area contributed by atoms with Gasteiger partial charge in [0.15, 0.2) is 5.82 Å². The number of pyridine rings is 1. The summed E-state index contributed by atoms with van der Waals surface area (Å²) < 4.78 is 70.2. The van der Waals surface area contributed by atoms with Gasteiger partial charge in [-0.1, -0.05) is 17.7 Å².